The number of sulfone groups is 1. The molecular formula is C17H24N2O3S. The monoisotopic (exact) mass is 336 g/mol. The van der Waals surface area contributed by atoms with E-state index in [1.165, 1.54) is 6.07 Å². The minimum atomic E-state index is -3.30. The first-order chi connectivity index (χ1) is 10.8. The predicted molar refractivity (Wildman–Crippen MR) is 92.5 cm³/mol. The molecule has 0 spiro atoms. The van der Waals surface area contributed by atoms with Gasteiger partial charge in [-0.2, -0.15) is 0 Å². The predicted octanol–water partition coefficient (Wildman–Crippen LogP) is 3.36. The van der Waals surface area contributed by atoms with Crippen LogP contribution in [0.25, 0.3) is 0 Å². The second-order valence-electron chi connectivity index (χ2n) is 5.97. The van der Waals surface area contributed by atoms with E-state index in [1.54, 1.807) is 17.0 Å². The molecule has 23 heavy (non-hydrogen) atoms. The van der Waals surface area contributed by atoms with Crippen LogP contribution in [0.1, 0.15) is 31.7 Å². The minimum absolute atomic E-state index is 0.119. The van der Waals surface area contributed by atoms with Crippen molar-refractivity contribution in [1.29, 1.82) is 0 Å². The highest BCUT2D eigenvalue weighted by Gasteiger charge is 2.24. The van der Waals surface area contributed by atoms with Crippen LogP contribution in [-0.4, -0.2) is 38.2 Å². The molecule has 0 aromatic heterocycles. The van der Waals surface area contributed by atoms with Crippen LogP contribution in [0.5, 0.6) is 0 Å². The summed E-state index contributed by atoms with van der Waals surface area (Å²) in [6, 6.07) is 4.72. The van der Waals surface area contributed by atoms with E-state index in [0.717, 1.165) is 31.1 Å². The highest BCUT2D eigenvalue weighted by Crippen LogP contribution is 2.22. The van der Waals surface area contributed by atoms with Crippen LogP contribution in [0.2, 0.25) is 0 Å². The van der Waals surface area contributed by atoms with Gasteiger partial charge in [0.05, 0.1) is 10.9 Å². The first-order valence-corrected chi connectivity index (χ1v) is 9.77. The maximum absolute atomic E-state index is 12.5. The fourth-order valence-corrected chi connectivity index (χ4v) is 3.27. The first-order valence-electron chi connectivity index (χ1n) is 7.88. The summed E-state index contributed by atoms with van der Waals surface area (Å²) < 4.78 is 23.4. The lowest BCUT2D eigenvalue weighted by molar-refractivity contribution is 0.208. The lowest BCUT2D eigenvalue weighted by atomic mass is 10.1. The van der Waals surface area contributed by atoms with Crippen LogP contribution in [0, 0.1) is 6.92 Å². The number of rotatable bonds is 5. The maximum Gasteiger partial charge on any atom is 0.322 e. The van der Waals surface area contributed by atoms with Crippen molar-refractivity contribution in [3.63, 3.8) is 0 Å². The third-order valence-electron chi connectivity index (χ3n) is 4.05. The summed E-state index contributed by atoms with van der Waals surface area (Å²) in [7, 11) is -3.30. The van der Waals surface area contributed by atoms with Gasteiger partial charge in [-0.25, -0.2) is 13.2 Å². The highest BCUT2D eigenvalue weighted by atomic mass is 32.2. The van der Waals surface area contributed by atoms with Crippen LogP contribution in [0.3, 0.4) is 0 Å². The van der Waals surface area contributed by atoms with Gasteiger partial charge in [0, 0.05) is 18.5 Å². The topological polar surface area (TPSA) is 66.5 Å². The van der Waals surface area contributed by atoms with Crippen molar-refractivity contribution in [2.24, 2.45) is 0 Å². The second kappa shape index (κ2) is 7.17. The molecular weight excluding hydrogens is 312 g/mol. The zero-order valence-corrected chi connectivity index (χ0v) is 14.7. The molecule has 0 radical (unpaired) electrons. The van der Waals surface area contributed by atoms with E-state index in [1.807, 2.05) is 13.0 Å². The number of unbranched alkanes of at least 4 members (excludes halogenated alkanes) is 1. The summed E-state index contributed by atoms with van der Waals surface area (Å²) in [5.74, 6) is 0. The van der Waals surface area contributed by atoms with Crippen molar-refractivity contribution >= 4 is 21.6 Å². The maximum atomic E-state index is 12.5. The number of urea groups is 1. The molecule has 0 bridgehead atoms. The number of carbonyl (C=O) groups excluding carboxylic acids is 1. The van der Waals surface area contributed by atoms with Crippen LogP contribution in [0.4, 0.5) is 10.5 Å². The van der Waals surface area contributed by atoms with Gasteiger partial charge < -0.3 is 10.2 Å². The Kier molecular flexibility index (Phi) is 5.46. The van der Waals surface area contributed by atoms with Gasteiger partial charge in [-0.1, -0.05) is 38.0 Å². The molecule has 0 aliphatic carbocycles. The summed E-state index contributed by atoms with van der Waals surface area (Å²) in [6.07, 6.45) is 8.34. The molecule has 5 nitrogen and oxygen atoms in total. The van der Waals surface area contributed by atoms with Crippen molar-refractivity contribution in [2.75, 3.05) is 18.1 Å². The lowest BCUT2D eigenvalue weighted by Crippen LogP contribution is -2.39. The third kappa shape index (κ3) is 4.34. The molecule has 1 aliphatic rings. The number of hydrogen-bond acceptors (Lipinski definition) is 3. The van der Waals surface area contributed by atoms with Crippen LogP contribution < -0.4 is 5.32 Å². The Morgan fingerprint density at radius 3 is 2.78 bits per heavy atom. The van der Waals surface area contributed by atoms with Gasteiger partial charge in [-0.05, 0) is 31.0 Å². The minimum Gasteiger partial charge on any atom is -0.314 e. The smallest absolute Gasteiger partial charge is 0.314 e. The second-order valence-corrected chi connectivity index (χ2v) is 7.98. The van der Waals surface area contributed by atoms with E-state index < -0.39 is 9.84 Å². The number of amides is 2. The number of anilines is 1. The molecule has 2 amide bonds. The van der Waals surface area contributed by atoms with Gasteiger partial charge in [0.25, 0.3) is 0 Å². The SMILES string of the molecule is CCCC[C@@H]1C=CCN1C(=O)Nc1cc(S(C)(=O)=O)ccc1C. The third-order valence-corrected chi connectivity index (χ3v) is 5.16. The molecule has 1 N–H and O–H groups in total. The molecule has 1 aliphatic heterocycles. The van der Waals surface area contributed by atoms with E-state index in [0.29, 0.717) is 12.2 Å². The Morgan fingerprint density at radius 1 is 1.39 bits per heavy atom. The number of nitrogens with one attached hydrogen (secondary N) is 1. The molecule has 1 aromatic rings. The van der Waals surface area contributed by atoms with Gasteiger partial charge in [-0.15, -0.1) is 0 Å². The van der Waals surface area contributed by atoms with E-state index in [-0.39, 0.29) is 17.0 Å². The molecule has 6 heteroatoms. The van der Waals surface area contributed by atoms with Gasteiger partial charge in [-0.3, -0.25) is 0 Å². The number of hydrogen-bond donors (Lipinski definition) is 1. The Morgan fingerprint density at radius 2 is 2.13 bits per heavy atom. The fourth-order valence-electron chi connectivity index (χ4n) is 2.62. The number of carbonyl (C=O) groups is 1. The first kappa shape index (κ1) is 17.5. The van der Waals surface area contributed by atoms with E-state index in [2.05, 4.69) is 18.3 Å². The van der Waals surface area contributed by atoms with Crippen LogP contribution >= 0.6 is 0 Å². The van der Waals surface area contributed by atoms with Crippen LogP contribution in [0.15, 0.2) is 35.2 Å². The summed E-state index contributed by atoms with van der Waals surface area (Å²) >= 11 is 0. The van der Waals surface area contributed by atoms with Gasteiger partial charge in [0.2, 0.25) is 0 Å². The Balaban J connectivity index is 2.14. The van der Waals surface area contributed by atoms with E-state index in [9.17, 15) is 13.2 Å². The van der Waals surface area contributed by atoms with Gasteiger partial charge >= 0.3 is 6.03 Å². The Bertz CT molecular complexity index is 711. The van der Waals surface area contributed by atoms with Crippen molar-refractivity contribution in [2.45, 2.75) is 44.0 Å². The quantitative estimate of drug-likeness (QED) is 0.839. The van der Waals surface area contributed by atoms with E-state index >= 15 is 0 Å². The summed E-state index contributed by atoms with van der Waals surface area (Å²) in [5.41, 5.74) is 1.38. The molecule has 0 fully saturated rings. The average Bonchev–Trinajstić information content (AvgIpc) is 2.94. The molecule has 1 atom stereocenters. The Hall–Kier alpha value is -1.82. The number of aryl methyl sites for hydroxylation is 1. The zero-order chi connectivity index (χ0) is 17.0. The van der Waals surface area contributed by atoms with Gasteiger partial charge in [0.1, 0.15) is 0 Å². The molecule has 0 unspecified atom stereocenters. The standard InChI is InChI=1S/C17H24N2O3S/c1-4-5-7-14-8-6-11-19(14)17(20)18-16-12-15(23(3,21)22)10-9-13(16)2/h6,8-10,12,14H,4-5,7,11H2,1-3H3,(H,18,20)/t14-/m1/s1. The largest absolute Gasteiger partial charge is 0.322 e. The molecule has 0 saturated heterocycles. The van der Waals surface area contributed by atoms with Crippen molar-refractivity contribution < 1.29 is 13.2 Å². The number of benzene rings is 1. The summed E-state index contributed by atoms with van der Waals surface area (Å²) in [5, 5.41) is 2.85. The normalized spacial score (nSPS) is 17.5. The van der Waals surface area contributed by atoms with Crippen molar-refractivity contribution in [1.82, 2.24) is 4.90 Å². The van der Waals surface area contributed by atoms with Crippen molar-refractivity contribution in [3.05, 3.63) is 35.9 Å². The average molecular weight is 336 g/mol. The van der Waals surface area contributed by atoms with Crippen molar-refractivity contribution in [3.8, 4) is 0 Å². The van der Waals surface area contributed by atoms with Crippen LogP contribution in [-0.2, 0) is 9.84 Å². The zero-order valence-electron chi connectivity index (χ0n) is 13.9. The highest BCUT2D eigenvalue weighted by molar-refractivity contribution is 7.90. The van der Waals surface area contributed by atoms with E-state index in [4.69, 9.17) is 0 Å². The molecule has 1 aromatic carbocycles. The fraction of sp³-hybridized carbons (Fsp3) is 0.471. The molecule has 1 heterocycles. The lowest BCUT2D eigenvalue weighted by Gasteiger charge is -2.25. The molecule has 0 saturated carbocycles. The summed E-state index contributed by atoms with van der Waals surface area (Å²) in [4.78, 5) is 14.5. The molecule has 126 valence electrons. The summed E-state index contributed by atoms with van der Waals surface area (Å²) in [6.45, 7) is 4.56. The Labute approximate surface area is 138 Å². The number of nitrogens with zero attached hydrogens (tertiary/aromatic N) is 1. The molecule has 2 rings (SSSR count). The van der Waals surface area contributed by atoms with Gasteiger partial charge in [0.15, 0.2) is 9.84 Å².